The number of nitrogens with zero attached hydrogens (tertiary/aromatic N) is 1. The van der Waals surface area contributed by atoms with Crippen LogP contribution in [0.15, 0.2) is 48.5 Å². The molecule has 2 aliphatic rings. The fourth-order valence-corrected chi connectivity index (χ4v) is 4.33. The molecule has 0 bridgehead atoms. The Morgan fingerprint density at radius 3 is 2.41 bits per heavy atom. The van der Waals surface area contributed by atoms with Crippen LogP contribution >= 0.6 is 11.6 Å². The minimum atomic E-state index is 0.0366. The zero-order valence-electron chi connectivity index (χ0n) is 16.8. The summed E-state index contributed by atoms with van der Waals surface area (Å²) in [6, 6.07) is 16.5. The lowest BCUT2D eigenvalue weighted by Crippen LogP contribution is -2.51. The highest BCUT2D eigenvalue weighted by Crippen LogP contribution is 2.26. The van der Waals surface area contributed by atoms with Crippen LogP contribution in [0.3, 0.4) is 0 Å². The van der Waals surface area contributed by atoms with Gasteiger partial charge in [0.15, 0.2) is 0 Å². The molecular weight excluding hydrogens is 384 g/mol. The van der Waals surface area contributed by atoms with Crippen molar-refractivity contribution in [2.75, 3.05) is 13.1 Å². The Morgan fingerprint density at radius 2 is 1.76 bits per heavy atom. The molecule has 3 N–H and O–H groups in total. The van der Waals surface area contributed by atoms with Crippen molar-refractivity contribution in [1.82, 2.24) is 21.1 Å². The molecule has 2 unspecified atom stereocenters. The normalized spacial score (nSPS) is 23.2. The standard InChI is InChI=1S/C23H29ClN4O/c1-2-16-3-5-18(6-4-16)23(29)25-20-11-13-28(14-12-20)22-15-21(26-27-22)17-7-9-19(24)10-8-17/h3-10,20-22,26-27H,2,11-15H2,1H3,(H,25,29). The lowest BCUT2D eigenvalue weighted by molar-refractivity contribution is 0.0880. The Labute approximate surface area is 177 Å². The molecule has 2 atom stereocenters. The van der Waals surface area contributed by atoms with Crippen molar-refractivity contribution >= 4 is 17.5 Å². The third kappa shape index (κ3) is 4.98. The Kier molecular flexibility index (Phi) is 6.50. The number of halogens is 1. The zero-order valence-corrected chi connectivity index (χ0v) is 17.6. The molecule has 2 heterocycles. The first-order valence-corrected chi connectivity index (χ1v) is 10.9. The van der Waals surface area contributed by atoms with E-state index in [9.17, 15) is 4.79 Å². The highest BCUT2D eigenvalue weighted by atomic mass is 35.5. The Morgan fingerprint density at radius 1 is 1.07 bits per heavy atom. The van der Waals surface area contributed by atoms with Crippen molar-refractivity contribution < 1.29 is 4.79 Å². The summed E-state index contributed by atoms with van der Waals surface area (Å²) in [5, 5.41) is 3.97. The number of hydrogen-bond acceptors (Lipinski definition) is 4. The lowest BCUT2D eigenvalue weighted by atomic mass is 10.0. The maximum atomic E-state index is 12.5. The number of carbonyl (C=O) groups is 1. The van der Waals surface area contributed by atoms with Gasteiger partial charge in [-0.05, 0) is 61.1 Å². The number of amides is 1. The minimum absolute atomic E-state index is 0.0366. The molecule has 4 rings (SSSR count). The van der Waals surface area contributed by atoms with Gasteiger partial charge >= 0.3 is 0 Å². The smallest absolute Gasteiger partial charge is 0.251 e. The number of aryl methyl sites for hydroxylation is 1. The highest BCUT2D eigenvalue weighted by Gasteiger charge is 2.32. The van der Waals surface area contributed by atoms with Gasteiger partial charge in [0, 0.05) is 35.8 Å². The van der Waals surface area contributed by atoms with Crippen molar-refractivity contribution in [3.05, 3.63) is 70.2 Å². The van der Waals surface area contributed by atoms with E-state index in [0.29, 0.717) is 12.2 Å². The van der Waals surface area contributed by atoms with Gasteiger partial charge in [-0.3, -0.25) is 9.69 Å². The summed E-state index contributed by atoms with van der Waals surface area (Å²) < 4.78 is 0. The molecule has 29 heavy (non-hydrogen) atoms. The number of carbonyl (C=O) groups excluding carboxylic acids is 1. The molecule has 0 radical (unpaired) electrons. The van der Waals surface area contributed by atoms with Crippen LogP contribution in [0.2, 0.25) is 5.02 Å². The first kappa shape index (κ1) is 20.4. The van der Waals surface area contributed by atoms with Crippen molar-refractivity contribution in [3.63, 3.8) is 0 Å². The number of hydrazine groups is 1. The maximum Gasteiger partial charge on any atom is 0.251 e. The quantitative estimate of drug-likeness (QED) is 0.701. The van der Waals surface area contributed by atoms with Crippen LogP contribution in [0.5, 0.6) is 0 Å². The molecule has 0 spiro atoms. The predicted molar refractivity (Wildman–Crippen MR) is 117 cm³/mol. The minimum Gasteiger partial charge on any atom is -0.349 e. The second-order valence-corrected chi connectivity index (χ2v) is 8.41. The number of rotatable bonds is 5. The molecule has 0 saturated carbocycles. The van der Waals surface area contributed by atoms with E-state index >= 15 is 0 Å². The molecule has 1 amide bonds. The molecular formula is C23H29ClN4O. The van der Waals surface area contributed by atoms with Crippen molar-refractivity contribution in [1.29, 1.82) is 0 Å². The summed E-state index contributed by atoms with van der Waals surface area (Å²) in [5.41, 5.74) is 10.1. The van der Waals surface area contributed by atoms with E-state index < -0.39 is 0 Å². The van der Waals surface area contributed by atoms with Crippen LogP contribution in [0.25, 0.3) is 0 Å². The number of nitrogens with one attached hydrogen (secondary N) is 3. The van der Waals surface area contributed by atoms with Crippen LogP contribution in [0.1, 0.15) is 53.7 Å². The Hall–Kier alpha value is -1.92. The van der Waals surface area contributed by atoms with Crippen LogP contribution < -0.4 is 16.2 Å². The monoisotopic (exact) mass is 412 g/mol. The van der Waals surface area contributed by atoms with Crippen LogP contribution in [-0.4, -0.2) is 36.1 Å². The van der Waals surface area contributed by atoms with E-state index in [0.717, 1.165) is 49.4 Å². The van der Waals surface area contributed by atoms with Crippen molar-refractivity contribution in [2.24, 2.45) is 0 Å². The van der Waals surface area contributed by atoms with Gasteiger partial charge in [-0.15, -0.1) is 0 Å². The SMILES string of the molecule is CCc1ccc(C(=O)NC2CCN(C3CC(c4ccc(Cl)cc4)NN3)CC2)cc1. The van der Waals surface area contributed by atoms with E-state index in [1.165, 1.54) is 11.1 Å². The third-order valence-corrected chi connectivity index (χ3v) is 6.34. The first-order valence-electron chi connectivity index (χ1n) is 10.5. The van der Waals surface area contributed by atoms with E-state index in [1.54, 1.807) is 0 Å². The van der Waals surface area contributed by atoms with Gasteiger partial charge in [0.2, 0.25) is 0 Å². The Bertz CT molecular complexity index is 816. The topological polar surface area (TPSA) is 56.4 Å². The summed E-state index contributed by atoms with van der Waals surface area (Å²) in [5.74, 6) is 0.0366. The largest absolute Gasteiger partial charge is 0.349 e. The molecule has 2 aromatic rings. The zero-order chi connectivity index (χ0) is 20.2. The van der Waals surface area contributed by atoms with E-state index in [1.807, 2.05) is 36.4 Å². The Balaban J connectivity index is 1.25. The number of piperidine rings is 1. The third-order valence-electron chi connectivity index (χ3n) is 6.09. The molecule has 2 saturated heterocycles. The predicted octanol–water partition coefficient (Wildman–Crippen LogP) is 3.66. The summed E-state index contributed by atoms with van der Waals surface area (Å²) in [4.78, 5) is 15.0. The summed E-state index contributed by atoms with van der Waals surface area (Å²) in [7, 11) is 0. The maximum absolute atomic E-state index is 12.5. The number of hydrogen-bond donors (Lipinski definition) is 3. The average Bonchev–Trinajstić information content (AvgIpc) is 3.25. The van der Waals surface area contributed by atoms with Crippen molar-refractivity contribution in [3.8, 4) is 0 Å². The van der Waals surface area contributed by atoms with E-state index in [2.05, 4.69) is 40.1 Å². The number of benzene rings is 2. The molecule has 154 valence electrons. The van der Waals surface area contributed by atoms with Gasteiger partial charge in [-0.1, -0.05) is 42.8 Å². The summed E-state index contributed by atoms with van der Waals surface area (Å²) in [6.45, 7) is 4.08. The summed E-state index contributed by atoms with van der Waals surface area (Å²) >= 11 is 6.00. The molecule has 0 aliphatic carbocycles. The van der Waals surface area contributed by atoms with E-state index in [-0.39, 0.29) is 11.9 Å². The van der Waals surface area contributed by atoms with Gasteiger partial charge in [-0.2, -0.15) is 0 Å². The highest BCUT2D eigenvalue weighted by molar-refractivity contribution is 6.30. The molecule has 2 fully saturated rings. The lowest BCUT2D eigenvalue weighted by Gasteiger charge is -2.35. The first-order chi connectivity index (χ1) is 14.1. The van der Waals surface area contributed by atoms with Gasteiger partial charge in [-0.25, -0.2) is 10.9 Å². The molecule has 2 aromatic carbocycles. The second-order valence-electron chi connectivity index (χ2n) is 7.98. The van der Waals surface area contributed by atoms with Gasteiger partial charge in [0.05, 0.1) is 6.17 Å². The molecule has 0 aromatic heterocycles. The summed E-state index contributed by atoms with van der Waals surface area (Å²) in [6.07, 6.45) is 4.27. The molecule has 2 aliphatic heterocycles. The van der Waals surface area contributed by atoms with Gasteiger partial charge in [0.25, 0.3) is 5.91 Å². The average molecular weight is 413 g/mol. The van der Waals surface area contributed by atoms with Crippen LogP contribution in [0, 0.1) is 0 Å². The van der Waals surface area contributed by atoms with Crippen molar-refractivity contribution in [2.45, 2.75) is 50.9 Å². The second kappa shape index (κ2) is 9.26. The fraction of sp³-hybridized carbons (Fsp3) is 0.435. The van der Waals surface area contributed by atoms with Gasteiger partial charge < -0.3 is 5.32 Å². The van der Waals surface area contributed by atoms with Crippen LogP contribution in [-0.2, 0) is 6.42 Å². The number of likely N-dealkylation sites (tertiary alicyclic amines) is 1. The van der Waals surface area contributed by atoms with Crippen LogP contribution in [0.4, 0.5) is 0 Å². The molecule has 5 nitrogen and oxygen atoms in total. The fourth-order valence-electron chi connectivity index (χ4n) is 4.21. The molecule has 6 heteroatoms. The van der Waals surface area contributed by atoms with Gasteiger partial charge in [0.1, 0.15) is 0 Å². The van der Waals surface area contributed by atoms with E-state index in [4.69, 9.17) is 11.6 Å².